The Morgan fingerprint density at radius 3 is 2.00 bits per heavy atom. The minimum Gasteiger partial charge on any atom is -0.481 e. The molecule has 2 heterocycles. The molecule has 0 unspecified atom stereocenters. The number of aromatic nitrogens is 1. The molecule has 1 saturated heterocycles. The monoisotopic (exact) mass is 803 g/mol. The SMILES string of the molecule is CC(=O)N1CCC[C@H]1C(=O)N[C@@H](Cc1c[nH]c2ccccc12)C(=O)N[C@@H](C)C(=O)N[C@H](C(=O)N[C@@H](CO)C(=O)N[C@@H](CC(=O)O)C(=O)N[C@@H](CO)C(N)=O)[C@@H](C)O. The van der Waals surface area contributed by atoms with Crippen LogP contribution in [0.4, 0.5) is 0 Å². The number of nitrogens with two attached hydrogens (primary N) is 1. The first-order chi connectivity index (χ1) is 26.9. The summed E-state index contributed by atoms with van der Waals surface area (Å²) in [6, 6.07) is -3.33. The molecular formula is C35H49N9O13. The van der Waals surface area contributed by atoms with Crippen LogP contribution >= 0.6 is 0 Å². The molecule has 1 fully saturated rings. The van der Waals surface area contributed by atoms with E-state index >= 15 is 0 Å². The van der Waals surface area contributed by atoms with Gasteiger partial charge in [0.25, 0.3) is 0 Å². The number of aromatic amines is 1. The Labute approximate surface area is 325 Å². The first-order valence-corrected chi connectivity index (χ1v) is 17.9. The van der Waals surface area contributed by atoms with Crippen molar-refractivity contribution in [3.63, 3.8) is 0 Å². The number of carboxylic acids is 1. The van der Waals surface area contributed by atoms with Crippen molar-refractivity contribution < 1.29 is 63.6 Å². The van der Waals surface area contributed by atoms with Crippen LogP contribution in [0.25, 0.3) is 10.9 Å². The number of aliphatic carboxylic acids is 1. The van der Waals surface area contributed by atoms with E-state index in [2.05, 4.69) is 26.3 Å². The van der Waals surface area contributed by atoms with Crippen LogP contribution in [-0.2, 0) is 49.6 Å². The van der Waals surface area contributed by atoms with Crippen LogP contribution in [0.2, 0.25) is 0 Å². The average molecular weight is 804 g/mol. The lowest BCUT2D eigenvalue weighted by atomic mass is 10.0. The molecular weight excluding hydrogens is 754 g/mol. The van der Waals surface area contributed by atoms with Gasteiger partial charge >= 0.3 is 5.97 Å². The third-order valence-electron chi connectivity index (χ3n) is 9.18. The summed E-state index contributed by atoms with van der Waals surface area (Å²) in [6.45, 7) is 2.04. The topological polar surface area (TPSA) is 352 Å². The molecule has 0 bridgehead atoms. The molecule has 1 aliphatic heterocycles. The van der Waals surface area contributed by atoms with E-state index in [1.165, 1.54) is 18.7 Å². The molecule has 1 aromatic carbocycles. The second-order valence-electron chi connectivity index (χ2n) is 13.5. The van der Waals surface area contributed by atoms with E-state index in [0.717, 1.165) is 17.8 Å². The molecule has 312 valence electrons. The molecule has 8 atom stereocenters. The molecule has 2 aromatic rings. The number of fused-ring (bicyclic) bond motifs is 1. The van der Waals surface area contributed by atoms with Gasteiger partial charge in [-0.05, 0) is 38.3 Å². The number of carbonyl (C=O) groups excluding carboxylic acids is 8. The minimum absolute atomic E-state index is 0.0197. The number of amides is 8. The van der Waals surface area contributed by atoms with Gasteiger partial charge in [0.1, 0.15) is 42.3 Å². The van der Waals surface area contributed by atoms with Gasteiger partial charge in [0.15, 0.2) is 0 Å². The van der Waals surface area contributed by atoms with Gasteiger partial charge in [0.05, 0.1) is 25.7 Å². The maximum absolute atomic E-state index is 13.7. The summed E-state index contributed by atoms with van der Waals surface area (Å²) >= 11 is 0. The van der Waals surface area contributed by atoms with Gasteiger partial charge in [0, 0.05) is 37.0 Å². The molecule has 57 heavy (non-hydrogen) atoms. The number of benzene rings is 1. The number of rotatable bonds is 20. The molecule has 0 spiro atoms. The third kappa shape index (κ3) is 12.4. The van der Waals surface area contributed by atoms with E-state index in [1.807, 2.05) is 28.8 Å². The number of para-hydroxylation sites is 1. The first kappa shape index (κ1) is 45.3. The molecule has 13 N–H and O–H groups in total. The fraction of sp³-hybridized carbons (Fsp3) is 0.514. The Bertz CT molecular complexity index is 1830. The fourth-order valence-electron chi connectivity index (χ4n) is 6.07. The van der Waals surface area contributed by atoms with Crippen molar-refractivity contribution in [1.29, 1.82) is 0 Å². The van der Waals surface area contributed by atoms with Crippen molar-refractivity contribution in [2.75, 3.05) is 19.8 Å². The molecule has 0 saturated carbocycles. The van der Waals surface area contributed by atoms with Crippen molar-refractivity contribution in [3.05, 3.63) is 36.0 Å². The standard InChI is InChI=1S/C35H49N9O13/c1-16(38-31(53)22(11-19-13-37-21-8-5-4-7-20(19)21)40-34(56)26-9-6-10-44(26)18(3)48)30(52)43-28(17(2)47)35(57)42-25(15-46)33(55)39-23(12-27(49)50)32(54)41-24(14-45)29(36)51/h4-5,7-8,13,16-17,22-26,28,37,45-47H,6,9-12,14-15H2,1-3H3,(H2,36,51)(H,38,53)(H,39,55)(H,40,56)(H,41,54)(H,42,57)(H,43,52)(H,49,50)/t16-,17+,22-,23-,24-,25-,26-,28-/m0/s1. The van der Waals surface area contributed by atoms with Gasteiger partial charge in [-0.1, -0.05) is 18.2 Å². The number of aliphatic hydroxyl groups is 3. The molecule has 22 heteroatoms. The summed E-state index contributed by atoms with van der Waals surface area (Å²) in [5, 5.41) is 53.0. The van der Waals surface area contributed by atoms with E-state index < -0.39 is 115 Å². The second-order valence-corrected chi connectivity index (χ2v) is 13.5. The van der Waals surface area contributed by atoms with Gasteiger partial charge < -0.3 is 67.9 Å². The quantitative estimate of drug-likeness (QED) is 0.0597. The van der Waals surface area contributed by atoms with Crippen LogP contribution in [0.1, 0.15) is 45.6 Å². The third-order valence-corrected chi connectivity index (χ3v) is 9.18. The largest absolute Gasteiger partial charge is 0.481 e. The number of hydrogen-bond donors (Lipinski definition) is 12. The molecule has 22 nitrogen and oxygen atoms in total. The van der Waals surface area contributed by atoms with E-state index in [-0.39, 0.29) is 12.3 Å². The summed E-state index contributed by atoms with van der Waals surface area (Å²) in [4.78, 5) is 119. The number of hydrogen-bond acceptors (Lipinski definition) is 12. The summed E-state index contributed by atoms with van der Waals surface area (Å²) in [6.07, 6.45) is -0.0305. The Hall–Kier alpha value is -6.13. The Balaban J connectivity index is 1.72. The van der Waals surface area contributed by atoms with E-state index in [0.29, 0.717) is 24.9 Å². The number of primary amides is 1. The van der Waals surface area contributed by atoms with Gasteiger partial charge in [-0.25, -0.2) is 0 Å². The maximum atomic E-state index is 13.7. The number of H-pyrrole nitrogens is 1. The highest BCUT2D eigenvalue weighted by atomic mass is 16.4. The number of aliphatic hydroxyl groups excluding tert-OH is 3. The van der Waals surface area contributed by atoms with Gasteiger partial charge in [-0.3, -0.25) is 43.2 Å². The summed E-state index contributed by atoms with van der Waals surface area (Å²) < 4.78 is 0. The van der Waals surface area contributed by atoms with Crippen LogP contribution in [0.5, 0.6) is 0 Å². The average Bonchev–Trinajstić information content (AvgIpc) is 3.81. The summed E-state index contributed by atoms with van der Waals surface area (Å²) in [5.74, 6) is -9.12. The molecule has 3 rings (SSSR count). The Morgan fingerprint density at radius 2 is 1.40 bits per heavy atom. The number of nitrogens with zero attached hydrogens (tertiary/aromatic N) is 1. The van der Waals surface area contributed by atoms with Crippen molar-refractivity contribution in [1.82, 2.24) is 41.8 Å². The van der Waals surface area contributed by atoms with Crippen LogP contribution in [-0.4, -0.2) is 152 Å². The summed E-state index contributed by atoms with van der Waals surface area (Å²) in [5.41, 5.74) is 6.50. The smallest absolute Gasteiger partial charge is 0.305 e. The van der Waals surface area contributed by atoms with Gasteiger partial charge in [-0.2, -0.15) is 0 Å². The number of nitrogens with one attached hydrogen (secondary N) is 7. The normalized spacial score (nSPS) is 17.4. The predicted molar refractivity (Wildman–Crippen MR) is 197 cm³/mol. The molecule has 1 aliphatic rings. The molecule has 0 aliphatic carbocycles. The fourth-order valence-corrected chi connectivity index (χ4v) is 6.07. The second kappa shape index (κ2) is 20.7. The zero-order valence-electron chi connectivity index (χ0n) is 31.4. The maximum Gasteiger partial charge on any atom is 0.305 e. The van der Waals surface area contributed by atoms with Crippen molar-refractivity contribution >= 4 is 64.1 Å². The highest BCUT2D eigenvalue weighted by Crippen LogP contribution is 2.21. The van der Waals surface area contributed by atoms with Gasteiger partial charge in [0.2, 0.25) is 47.3 Å². The minimum atomic E-state index is -1.87. The number of carboxylic acid groups (broad SMARTS) is 1. The van der Waals surface area contributed by atoms with Gasteiger partial charge in [-0.15, -0.1) is 0 Å². The highest BCUT2D eigenvalue weighted by molar-refractivity contribution is 5.98. The number of carbonyl (C=O) groups is 9. The lowest BCUT2D eigenvalue weighted by molar-refractivity contribution is -0.142. The van der Waals surface area contributed by atoms with Crippen LogP contribution in [0, 0.1) is 0 Å². The van der Waals surface area contributed by atoms with Crippen LogP contribution in [0.15, 0.2) is 30.5 Å². The molecule has 1 aromatic heterocycles. The zero-order chi connectivity index (χ0) is 42.6. The van der Waals surface area contributed by atoms with Crippen LogP contribution < -0.4 is 37.6 Å². The first-order valence-electron chi connectivity index (χ1n) is 17.9. The predicted octanol–water partition coefficient (Wildman–Crippen LogP) is -5.02. The molecule has 8 amide bonds. The van der Waals surface area contributed by atoms with E-state index in [1.54, 1.807) is 12.3 Å². The highest BCUT2D eigenvalue weighted by Gasteiger charge is 2.37. The van der Waals surface area contributed by atoms with E-state index in [4.69, 9.17) is 5.73 Å². The Morgan fingerprint density at radius 1 is 0.807 bits per heavy atom. The van der Waals surface area contributed by atoms with Crippen molar-refractivity contribution in [2.45, 2.75) is 94.9 Å². The lowest BCUT2D eigenvalue weighted by Crippen LogP contribution is -2.62. The van der Waals surface area contributed by atoms with Crippen molar-refractivity contribution in [3.8, 4) is 0 Å². The Kier molecular flexibility index (Phi) is 16.4. The van der Waals surface area contributed by atoms with Crippen molar-refractivity contribution in [2.24, 2.45) is 5.73 Å². The van der Waals surface area contributed by atoms with Crippen LogP contribution in [0.3, 0.4) is 0 Å². The summed E-state index contributed by atoms with van der Waals surface area (Å²) in [7, 11) is 0. The number of likely N-dealkylation sites (tertiary alicyclic amines) is 1. The van der Waals surface area contributed by atoms with E-state index in [9.17, 15) is 63.6 Å². The zero-order valence-corrected chi connectivity index (χ0v) is 31.4. The molecule has 0 radical (unpaired) electrons. The lowest BCUT2D eigenvalue weighted by Gasteiger charge is -2.27.